The standard InChI is InChI=1S/C6H5NO2S.ClH.4FH/c8-7(9)10-6-4-2-1-3-5-6;;;;;/h1-5H;5*1H. The van der Waals surface area contributed by atoms with Crippen LogP contribution in [0.25, 0.3) is 0 Å². The molecule has 0 amide bonds. The highest BCUT2D eigenvalue weighted by Crippen LogP contribution is 2.15. The molecule has 15 heavy (non-hydrogen) atoms. The molecule has 0 saturated heterocycles. The molecule has 0 aliphatic heterocycles. The first-order valence-electron chi connectivity index (χ1n) is 2.66. The Balaban J connectivity index is -0.0000000667. The Bertz CT molecular complexity index is 242. The number of halogens is 5. The maximum Gasteiger partial charge on any atom is 0.265 e. The van der Waals surface area contributed by atoms with Crippen molar-refractivity contribution in [2.45, 2.75) is 4.90 Å². The van der Waals surface area contributed by atoms with Crippen molar-refractivity contribution in [2.24, 2.45) is 0 Å². The Hall–Kier alpha value is -1.02. The van der Waals surface area contributed by atoms with Crippen molar-refractivity contribution in [3.05, 3.63) is 40.4 Å². The van der Waals surface area contributed by atoms with E-state index in [2.05, 4.69) is 0 Å². The van der Waals surface area contributed by atoms with Crippen LogP contribution in [-0.4, -0.2) is 4.33 Å². The molecule has 0 saturated carbocycles. The third-order valence-corrected chi connectivity index (χ3v) is 1.56. The van der Waals surface area contributed by atoms with Crippen LogP contribution in [0, 0.1) is 10.1 Å². The molecule has 0 atom stereocenters. The van der Waals surface area contributed by atoms with Crippen LogP contribution in [0.4, 0.5) is 18.8 Å². The molecule has 3 nitrogen and oxygen atoms in total. The van der Waals surface area contributed by atoms with Crippen LogP contribution in [0.3, 0.4) is 0 Å². The minimum absolute atomic E-state index is 0. The van der Waals surface area contributed by atoms with Crippen LogP contribution >= 0.6 is 24.4 Å². The Morgan fingerprint density at radius 1 is 1.00 bits per heavy atom. The molecule has 92 valence electrons. The van der Waals surface area contributed by atoms with Crippen LogP contribution in [0.1, 0.15) is 0 Å². The van der Waals surface area contributed by atoms with Gasteiger partial charge in [-0.3, -0.25) is 28.9 Å². The van der Waals surface area contributed by atoms with Gasteiger partial charge in [0.05, 0.1) is 4.90 Å². The normalized spacial score (nSPS) is 6.13. The first-order chi connectivity index (χ1) is 4.79. The van der Waals surface area contributed by atoms with E-state index >= 15 is 0 Å². The summed E-state index contributed by atoms with van der Waals surface area (Å²) >= 11 is 0.621. The lowest BCUT2D eigenvalue weighted by Gasteiger charge is -1.87. The number of hydrogen-bond donors (Lipinski definition) is 0. The van der Waals surface area contributed by atoms with Gasteiger partial charge in [-0.25, -0.2) is 0 Å². The van der Waals surface area contributed by atoms with Crippen molar-refractivity contribution in [3.63, 3.8) is 0 Å². The zero-order chi connectivity index (χ0) is 7.40. The average molecular weight is 272 g/mol. The van der Waals surface area contributed by atoms with Gasteiger partial charge in [0.1, 0.15) is 4.33 Å². The van der Waals surface area contributed by atoms with Crippen molar-refractivity contribution in [1.82, 2.24) is 0 Å². The SMILES string of the molecule is Cl.F.F.F.F.O=[N+]([O-])Sc1ccccc1. The van der Waals surface area contributed by atoms with Crippen molar-refractivity contribution in [3.8, 4) is 0 Å². The number of benzene rings is 1. The summed E-state index contributed by atoms with van der Waals surface area (Å²) in [6.45, 7) is 0. The first kappa shape index (κ1) is 29.2. The molecule has 1 aromatic rings. The number of nitro groups is 1. The maximum atomic E-state index is 9.94. The smallest absolute Gasteiger partial charge is 0.265 e. The summed E-state index contributed by atoms with van der Waals surface area (Å²) in [5.74, 6) is 0. The van der Waals surface area contributed by atoms with Gasteiger partial charge in [0, 0.05) is 0 Å². The molecule has 0 N–H and O–H groups in total. The molecule has 1 rings (SSSR count). The third kappa shape index (κ3) is 13.0. The van der Waals surface area contributed by atoms with Gasteiger partial charge in [-0.15, -0.1) is 12.4 Å². The van der Waals surface area contributed by atoms with Gasteiger partial charge in [-0.2, -0.15) is 0 Å². The van der Waals surface area contributed by atoms with E-state index in [1.807, 2.05) is 6.07 Å². The zero-order valence-corrected chi connectivity index (χ0v) is 8.73. The van der Waals surface area contributed by atoms with Crippen LogP contribution in [-0.2, 0) is 0 Å². The van der Waals surface area contributed by atoms with Crippen LogP contribution in [0.5, 0.6) is 0 Å². The Labute approximate surface area is 93.4 Å². The van der Waals surface area contributed by atoms with Gasteiger partial charge in [0.15, 0.2) is 0 Å². The summed E-state index contributed by atoms with van der Waals surface area (Å²) in [5.41, 5.74) is 0. The van der Waals surface area contributed by atoms with E-state index in [1.54, 1.807) is 24.3 Å². The molecule has 0 aromatic heterocycles. The Morgan fingerprint density at radius 3 is 1.73 bits per heavy atom. The third-order valence-electron chi connectivity index (χ3n) is 0.923. The molecule has 0 aliphatic carbocycles. The summed E-state index contributed by atoms with van der Waals surface area (Å²) in [5, 5.41) is 9.94. The molecule has 0 heterocycles. The monoisotopic (exact) mass is 271 g/mol. The zero-order valence-electron chi connectivity index (χ0n) is 7.10. The topological polar surface area (TPSA) is 43.1 Å². The highest BCUT2D eigenvalue weighted by molar-refractivity contribution is 7.93. The molecule has 0 radical (unpaired) electrons. The van der Waals surface area contributed by atoms with Crippen molar-refractivity contribution >= 4 is 24.4 Å². The van der Waals surface area contributed by atoms with Crippen LogP contribution < -0.4 is 0 Å². The predicted molar refractivity (Wildman–Crippen MR) is 56.6 cm³/mol. The second-order valence-corrected chi connectivity index (χ2v) is 2.58. The van der Waals surface area contributed by atoms with Gasteiger partial charge in [0.2, 0.25) is 0 Å². The van der Waals surface area contributed by atoms with Gasteiger partial charge in [-0.05, 0) is 12.1 Å². The van der Waals surface area contributed by atoms with Gasteiger partial charge in [-0.1, -0.05) is 18.2 Å². The van der Waals surface area contributed by atoms with Crippen LogP contribution in [0.15, 0.2) is 35.2 Å². The highest BCUT2D eigenvalue weighted by atomic mass is 35.5. The van der Waals surface area contributed by atoms with Crippen LogP contribution in [0.2, 0.25) is 0 Å². The van der Waals surface area contributed by atoms with E-state index < -0.39 is 4.33 Å². The minimum Gasteiger partial charge on any atom is -0.269 e. The van der Waals surface area contributed by atoms with E-state index in [1.165, 1.54) is 0 Å². The molecular weight excluding hydrogens is 262 g/mol. The Morgan fingerprint density at radius 2 is 1.40 bits per heavy atom. The summed E-state index contributed by atoms with van der Waals surface area (Å²) in [6, 6.07) is 8.77. The Kier molecular flexibility index (Phi) is 30.1. The quantitative estimate of drug-likeness (QED) is 0.359. The second-order valence-electron chi connectivity index (χ2n) is 1.63. The lowest BCUT2D eigenvalue weighted by Crippen LogP contribution is -1.81. The van der Waals surface area contributed by atoms with Crippen molar-refractivity contribution in [1.29, 1.82) is 0 Å². The van der Waals surface area contributed by atoms with Gasteiger partial charge in [0.25, 0.3) is 11.9 Å². The number of nitrogens with zero attached hydrogens (tertiary/aromatic N) is 1. The highest BCUT2D eigenvalue weighted by Gasteiger charge is 2.01. The fraction of sp³-hybridized carbons (Fsp3) is 0. The summed E-state index contributed by atoms with van der Waals surface area (Å²) < 4.78 is -0.421. The molecule has 1 aromatic carbocycles. The molecule has 9 heteroatoms. The van der Waals surface area contributed by atoms with Crippen molar-refractivity contribution < 1.29 is 23.1 Å². The largest absolute Gasteiger partial charge is 0.269 e. The predicted octanol–water partition coefficient (Wildman–Crippen LogP) is 3.00. The van der Waals surface area contributed by atoms with E-state index in [0.29, 0.717) is 16.8 Å². The minimum atomic E-state index is -0.421. The molecule has 0 spiro atoms. The molecule has 0 fully saturated rings. The number of hydrogen-bond acceptors (Lipinski definition) is 3. The molecule has 0 unspecified atom stereocenters. The maximum absolute atomic E-state index is 9.94. The average Bonchev–Trinajstić information content (AvgIpc) is 1.88. The second kappa shape index (κ2) is 15.5. The van der Waals surface area contributed by atoms with Crippen molar-refractivity contribution in [2.75, 3.05) is 0 Å². The van der Waals surface area contributed by atoms with Gasteiger partial charge < -0.3 is 0 Å². The lowest BCUT2D eigenvalue weighted by atomic mass is 10.4. The van der Waals surface area contributed by atoms with Gasteiger partial charge >= 0.3 is 0 Å². The van der Waals surface area contributed by atoms with E-state index in [9.17, 15) is 10.1 Å². The molecule has 0 bridgehead atoms. The summed E-state index contributed by atoms with van der Waals surface area (Å²) in [6.07, 6.45) is 0. The van der Waals surface area contributed by atoms with E-state index in [0.717, 1.165) is 0 Å². The first-order valence-corrected chi connectivity index (χ1v) is 3.44. The van der Waals surface area contributed by atoms with E-state index in [4.69, 9.17) is 0 Å². The lowest BCUT2D eigenvalue weighted by molar-refractivity contribution is -0.284. The summed E-state index contributed by atoms with van der Waals surface area (Å²) in [4.78, 5) is 10.6. The molecular formula is C6H10ClF4NO2S. The summed E-state index contributed by atoms with van der Waals surface area (Å²) in [7, 11) is 0. The van der Waals surface area contributed by atoms with E-state index in [-0.39, 0.29) is 31.2 Å². The number of rotatable bonds is 2. The molecule has 0 aliphatic rings. The fourth-order valence-electron chi connectivity index (χ4n) is 0.567. The fourth-order valence-corrected chi connectivity index (χ4v) is 1.02.